The highest BCUT2D eigenvalue weighted by atomic mass is 19.1. The average Bonchev–Trinajstić information content (AvgIpc) is 2.26. The van der Waals surface area contributed by atoms with Gasteiger partial charge in [0.15, 0.2) is 0 Å². The van der Waals surface area contributed by atoms with E-state index in [1.165, 1.54) is 12.1 Å². The minimum atomic E-state index is -0.583. The van der Waals surface area contributed by atoms with Crippen molar-refractivity contribution in [2.75, 3.05) is 0 Å². The van der Waals surface area contributed by atoms with Crippen molar-refractivity contribution in [1.29, 1.82) is 0 Å². The summed E-state index contributed by atoms with van der Waals surface area (Å²) in [5.41, 5.74) is 2.12. The highest BCUT2D eigenvalue weighted by molar-refractivity contribution is 5.60. The van der Waals surface area contributed by atoms with Crippen LogP contribution in [-0.2, 0) is 6.42 Å². The number of aromatic nitrogens is 1. The molecular weight excluding hydrogens is 244 g/mol. The quantitative estimate of drug-likeness (QED) is 0.769. The molecule has 2 aromatic rings. The number of pyridine rings is 1. The third-order valence-corrected chi connectivity index (χ3v) is 2.77. The Labute approximate surface area is 112 Å². The summed E-state index contributed by atoms with van der Waals surface area (Å²) in [4.78, 5) is 4.17. The van der Waals surface area contributed by atoms with Crippen LogP contribution < -0.4 is 0 Å². The first-order valence-electron chi connectivity index (χ1n) is 6.25. The Morgan fingerprint density at radius 3 is 2.42 bits per heavy atom. The fraction of sp³-hybridized carbons (Fsp3) is 0.312. The van der Waals surface area contributed by atoms with Gasteiger partial charge in [-0.1, -0.05) is 20.8 Å². The second kappa shape index (κ2) is 5.08. The van der Waals surface area contributed by atoms with E-state index in [-0.39, 0.29) is 5.41 Å². The van der Waals surface area contributed by atoms with Gasteiger partial charge in [-0.15, -0.1) is 0 Å². The largest absolute Gasteiger partial charge is 0.256 e. The number of nitrogens with zero attached hydrogens (tertiary/aromatic N) is 1. The highest BCUT2D eigenvalue weighted by Crippen LogP contribution is 2.25. The molecule has 1 nitrogen and oxygen atoms in total. The second-order valence-corrected chi connectivity index (χ2v) is 5.91. The molecule has 2 rings (SSSR count). The third-order valence-electron chi connectivity index (χ3n) is 2.77. The molecule has 19 heavy (non-hydrogen) atoms. The normalized spacial score (nSPS) is 11.6. The van der Waals surface area contributed by atoms with Gasteiger partial charge < -0.3 is 0 Å². The molecule has 0 N–H and O–H groups in total. The van der Waals surface area contributed by atoms with Crippen molar-refractivity contribution in [3.8, 4) is 11.3 Å². The second-order valence-electron chi connectivity index (χ2n) is 5.91. The number of hydrogen-bond acceptors (Lipinski definition) is 1. The number of hydrogen-bond donors (Lipinski definition) is 0. The molecule has 3 heteroatoms. The summed E-state index contributed by atoms with van der Waals surface area (Å²) in [5.74, 6) is -1.16. The molecule has 0 radical (unpaired) electrons. The monoisotopic (exact) mass is 261 g/mol. The van der Waals surface area contributed by atoms with Crippen LogP contribution in [0.15, 0.2) is 36.5 Å². The van der Waals surface area contributed by atoms with Crippen molar-refractivity contribution in [3.63, 3.8) is 0 Å². The number of benzene rings is 1. The van der Waals surface area contributed by atoms with Gasteiger partial charge in [0.05, 0.1) is 5.69 Å². The van der Waals surface area contributed by atoms with Crippen LogP contribution in [0.4, 0.5) is 8.78 Å². The van der Waals surface area contributed by atoms with Crippen LogP contribution in [0.5, 0.6) is 0 Å². The van der Waals surface area contributed by atoms with Crippen LogP contribution in [0.3, 0.4) is 0 Å². The Balaban J connectivity index is 2.38. The van der Waals surface area contributed by atoms with Gasteiger partial charge in [0, 0.05) is 17.8 Å². The highest BCUT2D eigenvalue weighted by Gasteiger charge is 2.13. The number of rotatable bonds is 2. The maximum absolute atomic E-state index is 13.7. The Hall–Kier alpha value is -1.77. The smallest absolute Gasteiger partial charge is 0.135 e. The van der Waals surface area contributed by atoms with Crippen molar-refractivity contribution in [1.82, 2.24) is 4.98 Å². The summed E-state index contributed by atoms with van der Waals surface area (Å²) in [5, 5.41) is 0. The fourth-order valence-corrected chi connectivity index (χ4v) is 2.04. The van der Waals surface area contributed by atoms with Crippen LogP contribution in [-0.4, -0.2) is 4.98 Å². The molecule has 0 aliphatic rings. The molecule has 0 aliphatic heterocycles. The summed E-state index contributed by atoms with van der Waals surface area (Å²) >= 11 is 0. The summed E-state index contributed by atoms with van der Waals surface area (Å²) in [7, 11) is 0. The van der Waals surface area contributed by atoms with Crippen molar-refractivity contribution in [2.45, 2.75) is 27.2 Å². The first-order chi connectivity index (χ1) is 8.85. The van der Waals surface area contributed by atoms with Gasteiger partial charge in [-0.2, -0.15) is 0 Å². The minimum Gasteiger partial charge on any atom is -0.256 e. The van der Waals surface area contributed by atoms with Crippen molar-refractivity contribution < 1.29 is 8.78 Å². The summed E-state index contributed by atoms with van der Waals surface area (Å²) in [6, 6.07) is 7.34. The van der Waals surface area contributed by atoms with Gasteiger partial charge in [-0.3, -0.25) is 4.98 Å². The van der Waals surface area contributed by atoms with Gasteiger partial charge in [-0.25, -0.2) is 8.78 Å². The van der Waals surface area contributed by atoms with Gasteiger partial charge in [0.1, 0.15) is 11.6 Å². The van der Waals surface area contributed by atoms with E-state index in [2.05, 4.69) is 25.8 Å². The standard InChI is InChI=1S/C16H17F2N/c1-16(2,3)10-11-6-7-19-15(8-11)13-5-4-12(17)9-14(13)18/h4-9H,10H2,1-3H3. The maximum Gasteiger partial charge on any atom is 0.135 e. The lowest BCUT2D eigenvalue weighted by atomic mass is 9.88. The molecule has 0 atom stereocenters. The van der Waals surface area contributed by atoms with Gasteiger partial charge >= 0.3 is 0 Å². The van der Waals surface area contributed by atoms with Crippen LogP contribution in [0.2, 0.25) is 0 Å². The third kappa shape index (κ3) is 3.60. The van der Waals surface area contributed by atoms with Crippen LogP contribution in [0.1, 0.15) is 26.3 Å². The first-order valence-corrected chi connectivity index (χ1v) is 6.25. The Morgan fingerprint density at radius 2 is 1.79 bits per heavy atom. The van der Waals surface area contributed by atoms with E-state index in [1.54, 1.807) is 6.20 Å². The van der Waals surface area contributed by atoms with Gasteiger partial charge in [-0.05, 0) is 41.7 Å². The van der Waals surface area contributed by atoms with E-state index < -0.39 is 11.6 Å². The van der Waals surface area contributed by atoms with Gasteiger partial charge in [0.25, 0.3) is 0 Å². The Bertz CT molecular complexity index is 586. The molecule has 1 heterocycles. The maximum atomic E-state index is 13.7. The van der Waals surface area contributed by atoms with E-state index in [4.69, 9.17) is 0 Å². The molecule has 0 saturated carbocycles. The average molecular weight is 261 g/mol. The van der Waals surface area contributed by atoms with Crippen molar-refractivity contribution in [2.24, 2.45) is 5.41 Å². The zero-order valence-corrected chi connectivity index (χ0v) is 11.4. The molecule has 0 bridgehead atoms. The van der Waals surface area contributed by atoms with Crippen LogP contribution in [0.25, 0.3) is 11.3 Å². The zero-order valence-electron chi connectivity index (χ0n) is 11.4. The molecule has 0 unspecified atom stereocenters. The summed E-state index contributed by atoms with van der Waals surface area (Å²) in [6.45, 7) is 6.43. The van der Waals surface area contributed by atoms with Crippen LogP contribution in [0, 0.1) is 17.0 Å². The van der Waals surface area contributed by atoms with E-state index in [0.29, 0.717) is 11.3 Å². The zero-order chi connectivity index (χ0) is 14.0. The van der Waals surface area contributed by atoms with E-state index in [0.717, 1.165) is 18.1 Å². The van der Waals surface area contributed by atoms with E-state index in [9.17, 15) is 8.78 Å². The fourth-order valence-electron chi connectivity index (χ4n) is 2.04. The first kappa shape index (κ1) is 13.7. The SMILES string of the molecule is CC(C)(C)Cc1ccnc(-c2ccc(F)cc2F)c1. The van der Waals surface area contributed by atoms with E-state index in [1.807, 2.05) is 12.1 Å². The number of halogens is 2. The predicted octanol–water partition coefficient (Wildman–Crippen LogP) is 4.62. The molecule has 0 aliphatic carbocycles. The van der Waals surface area contributed by atoms with Gasteiger partial charge in [0.2, 0.25) is 0 Å². The molecule has 0 saturated heterocycles. The van der Waals surface area contributed by atoms with Crippen LogP contribution >= 0.6 is 0 Å². The van der Waals surface area contributed by atoms with E-state index >= 15 is 0 Å². The molecule has 1 aromatic heterocycles. The lowest BCUT2D eigenvalue weighted by Crippen LogP contribution is -2.09. The molecule has 0 amide bonds. The minimum absolute atomic E-state index is 0.153. The summed E-state index contributed by atoms with van der Waals surface area (Å²) < 4.78 is 26.6. The lowest BCUT2D eigenvalue weighted by molar-refractivity contribution is 0.411. The molecule has 1 aromatic carbocycles. The summed E-state index contributed by atoms with van der Waals surface area (Å²) in [6.07, 6.45) is 2.55. The topological polar surface area (TPSA) is 12.9 Å². The Morgan fingerprint density at radius 1 is 1.05 bits per heavy atom. The molecule has 0 spiro atoms. The predicted molar refractivity (Wildman–Crippen MR) is 72.7 cm³/mol. The van der Waals surface area contributed by atoms with Crippen molar-refractivity contribution in [3.05, 3.63) is 53.7 Å². The lowest BCUT2D eigenvalue weighted by Gasteiger charge is -2.18. The molecular formula is C16H17F2N. The molecule has 100 valence electrons. The molecule has 0 fully saturated rings. The Kier molecular flexibility index (Phi) is 3.65. The van der Waals surface area contributed by atoms with Crippen molar-refractivity contribution >= 4 is 0 Å².